The zero-order chi connectivity index (χ0) is 7.56. The molecule has 1 rings (SSSR count). The van der Waals surface area contributed by atoms with Crippen LogP contribution in [0.3, 0.4) is 0 Å². The lowest BCUT2D eigenvalue weighted by molar-refractivity contribution is 0.0563. The molecule has 0 aromatic carbocycles. The summed E-state index contributed by atoms with van der Waals surface area (Å²) in [7, 11) is 0. The Kier molecular flexibility index (Phi) is 4.37. The maximum Gasteiger partial charge on any atom is 0.333 e. The van der Waals surface area contributed by atoms with Gasteiger partial charge < -0.3 is 0 Å². The highest BCUT2D eigenvalue weighted by molar-refractivity contribution is 6.16. The van der Waals surface area contributed by atoms with Gasteiger partial charge in [0.05, 0.1) is 11.6 Å². The lowest BCUT2D eigenvalue weighted by Crippen LogP contribution is -1.98. The molecule has 1 aromatic rings. The van der Waals surface area contributed by atoms with Gasteiger partial charge in [-0.2, -0.15) is 13.9 Å². The first-order valence-electron chi connectivity index (χ1n) is 2.62. The highest BCUT2D eigenvalue weighted by Crippen LogP contribution is 2.09. The molecule has 11 heavy (non-hydrogen) atoms. The normalized spacial score (nSPS) is 9.82. The average molecular weight is 203 g/mol. The first-order chi connectivity index (χ1) is 4.74. The zero-order valence-corrected chi connectivity index (χ0v) is 6.95. The van der Waals surface area contributed by atoms with Crippen LogP contribution in [0.15, 0.2) is 12.3 Å². The molecule has 0 spiro atoms. The maximum absolute atomic E-state index is 11.8. The summed E-state index contributed by atoms with van der Waals surface area (Å²) in [6.45, 7) is -2.57. The molecule has 0 bridgehead atoms. The number of rotatable bonds is 2. The topological polar surface area (TPSA) is 17.8 Å². The Morgan fingerprint density at radius 1 is 1.64 bits per heavy atom. The third kappa shape index (κ3) is 2.63. The molecule has 0 saturated heterocycles. The van der Waals surface area contributed by atoms with E-state index in [1.54, 1.807) is 0 Å². The number of aromatic nitrogens is 2. The van der Waals surface area contributed by atoms with Crippen LogP contribution in [0.2, 0.25) is 0 Å². The zero-order valence-electron chi connectivity index (χ0n) is 5.38. The quantitative estimate of drug-likeness (QED) is 0.675. The highest BCUT2D eigenvalue weighted by Gasteiger charge is 2.05. The minimum atomic E-state index is -2.57. The molecule has 1 aromatic heterocycles. The highest BCUT2D eigenvalue weighted by atomic mass is 35.5. The minimum absolute atomic E-state index is 0. The van der Waals surface area contributed by atoms with Gasteiger partial charge in [-0.15, -0.1) is 24.0 Å². The number of alkyl halides is 3. The summed E-state index contributed by atoms with van der Waals surface area (Å²) in [5, 5.41) is 3.46. The number of halogens is 4. The van der Waals surface area contributed by atoms with E-state index in [0.29, 0.717) is 10.4 Å². The molecule has 0 amide bonds. The summed E-state index contributed by atoms with van der Waals surface area (Å²) >= 11 is 5.32. The smallest absolute Gasteiger partial charge is 0.211 e. The van der Waals surface area contributed by atoms with E-state index in [0.717, 1.165) is 0 Å². The fraction of sp³-hybridized carbons (Fsp3) is 0.400. The largest absolute Gasteiger partial charge is 0.333 e. The second-order valence-electron chi connectivity index (χ2n) is 1.70. The van der Waals surface area contributed by atoms with Crippen LogP contribution in [-0.4, -0.2) is 9.78 Å². The van der Waals surface area contributed by atoms with Crippen LogP contribution < -0.4 is 0 Å². The SMILES string of the molecule is Cl.FC(F)n1ccc(CCl)n1. The molecule has 0 atom stereocenters. The third-order valence-electron chi connectivity index (χ3n) is 1.00. The van der Waals surface area contributed by atoms with Gasteiger partial charge in [-0.3, -0.25) is 0 Å². The summed E-state index contributed by atoms with van der Waals surface area (Å²) < 4.78 is 24.1. The van der Waals surface area contributed by atoms with Gasteiger partial charge in [0.2, 0.25) is 0 Å². The maximum atomic E-state index is 11.8. The molecule has 0 unspecified atom stereocenters. The second-order valence-corrected chi connectivity index (χ2v) is 1.97. The van der Waals surface area contributed by atoms with E-state index in [1.807, 2.05) is 0 Å². The molecule has 0 saturated carbocycles. The van der Waals surface area contributed by atoms with Crippen LogP contribution in [0.1, 0.15) is 12.2 Å². The summed E-state index contributed by atoms with van der Waals surface area (Å²) in [5.74, 6) is 0.166. The van der Waals surface area contributed by atoms with Gasteiger partial charge in [-0.25, -0.2) is 4.68 Å². The summed E-state index contributed by atoms with van der Waals surface area (Å²) in [4.78, 5) is 0. The molecule has 2 nitrogen and oxygen atoms in total. The fourth-order valence-corrected chi connectivity index (χ4v) is 0.700. The van der Waals surface area contributed by atoms with Crippen LogP contribution >= 0.6 is 24.0 Å². The van der Waals surface area contributed by atoms with E-state index < -0.39 is 6.55 Å². The van der Waals surface area contributed by atoms with Gasteiger partial charge in [0.25, 0.3) is 0 Å². The lowest BCUT2D eigenvalue weighted by Gasteiger charge is -1.94. The standard InChI is InChI=1S/C5H5ClF2N2.ClH/c6-3-4-1-2-10(9-4)5(7)8;/h1-2,5H,3H2;1H. The molecule has 1 heterocycles. The molecular formula is C5H6Cl2F2N2. The van der Waals surface area contributed by atoms with Crippen molar-refractivity contribution < 1.29 is 8.78 Å². The monoisotopic (exact) mass is 202 g/mol. The molecule has 6 heteroatoms. The van der Waals surface area contributed by atoms with Crippen molar-refractivity contribution in [1.29, 1.82) is 0 Å². The Morgan fingerprint density at radius 2 is 2.27 bits per heavy atom. The van der Waals surface area contributed by atoms with Crippen molar-refractivity contribution >= 4 is 24.0 Å². The van der Waals surface area contributed by atoms with Crippen molar-refractivity contribution in [3.05, 3.63) is 18.0 Å². The number of hydrogen-bond acceptors (Lipinski definition) is 1. The van der Waals surface area contributed by atoms with Gasteiger partial charge >= 0.3 is 6.55 Å². The van der Waals surface area contributed by atoms with Gasteiger partial charge in [-0.1, -0.05) is 0 Å². The molecule has 0 N–H and O–H groups in total. The Hall–Kier alpha value is -0.350. The predicted molar refractivity (Wildman–Crippen MR) is 40.3 cm³/mol. The van der Waals surface area contributed by atoms with E-state index in [1.165, 1.54) is 12.3 Å². The molecule has 0 aliphatic carbocycles. The Labute approximate surface area is 73.6 Å². The van der Waals surface area contributed by atoms with Crippen molar-refractivity contribution in [1.82, 2.24) is 9.78 Å². The van der Waals surface area contributed by atoms with Crippen molar-refractivity contribution in [2.75, 3.05) is 0 Å². The van der Waals surface area contributed by atoms with E-state index in [4.69, 9.17) is 11.6 Å². The Bertz CT molecular complexity index is 214. The van der Waals surface area contributed by atoms with Crippen LogP contribution in [-0.2, 0) is 5.88 Å². The Balaban J connectivity index is 0.000001000. The van der Waals surface area contributed by atoms with Crippen molar-refractivity contribution in [3.63, 3.8) is 0 Å². The molecule has 0 radical (unpaired) electrons. The molecule has 0 aliphatic heterocycles. The summed E-state index contributed by atoms with van der Waals surface area (Å²) in [5.41, 5.74) is 0.460. The van der Waals surface area contributed by atoms with Crippen molar-refractivity contribution in [2.45, 2.75) is 12.4 Å². The lowest BCUT2D eigenvalue weighted by atomic mass is 10.5. The molecule has 0 aliphatic rings. The summed E-state index contributed by atoms with van der Waals surface area (Å²) in [6.07, 6.45) is 1.20. The van der Waals surface area contributed by atoms with Crippen molar-refractivity contribution in [2.24, 2.45) is 0 Å². The van der Waals surface area contributed by atoms with Gasteiger partial charge in [0.15, 0.2) is 0 Å². The fourth-order valence-electron chi connectivity index (χ4n) is 0.557. The third-order valence-corrected chi connectivity index (χ3v) is 1.27. The van der Waals surface area contributed by atoms with Gasteiger partial charge in [-0.05, 0) is 6.07 Å². The number of nitrogens with zero attached hydrogens (tertiary/aromatic N) is 2. The summed E-state index contributed by atoms with van der Waals surface area (Å²) in [6, 6.07) is 1.46. The second kappa shape index (κ2) is 4.51. The van der Waals surface area contributed by atoms with Gasteiger partial charge in [0, 0.05) is 6.20 Å². The Morgan fingerprint density at radius 3 is 2.55 bits per heavy atom. The van der Waals surface area contributed by atoms with Crippen LogP contribution in [0, 0.1) is 0 Å². The molecular weight excluding hydrogens is 197 g/mol. The minimum Gasteiger partial charge on any atom is -0.211 e. The molecule has 64 valence electrons. The van der Waals surface area contributed by atoms with Crippen LogP contribution in [0.25, 0.3) is 0 Å². The average Bonchev–Trinajstić information content (AvgIpc) is 2.34. The first-order valence-corrected chi connectivity index (χ1v) is 3.15. The van der Waals surface area contributed by atoms with Crippen LogP contribution in [0.5, 0.6) is 0 Å². The van der Waals surface area contributed by atoms with E-state index in [9.17, 15) is 8.78 Å². The van der Waals surface area contributed by atoms with E-state index in [2.05, 4.69) is 5.10 Å². The predicted octanol–water partition coefficient (Wildman–Crippen LogP) is 2.44. The van der Waals surface area contributed by atoms with E-state index >= 15 is 0 Å². The van der Waals surface area contributed by atoms with Crippen molar-refractivity contribution in [3.8, 4) is 0 Å². The van der Waals surface area contributed by atoms with Gasteiger partial charge in [0.1, 0.15) is 0 Å². The number of hydrogen-bond donors (Lipinski definition) is 0. The van der Waals surface area contributed by atoms with E-state index in [-0.39, 0.29) is 18.3 Å². The first kappa shape index (κ1) is 10.7. The molecule has 0 fully saturated rings. The van der Waals surface area contributed by atoms with Crippen LogP contribution in [0.4, 0.5) is 8.78 Å².